The maximum absolute atomic E-state index is 11.0. The van der Waals surface area contributed by atoms with Crippen molar-refractivity contribution in [2.75, 3.05) is 0 Å². The summed E-state index contributed by atoms with van der Waals surface area (Å²) in [7, 11) is 0. The van der Waals surface area contributed by atoms with Crippen LogP contribution in [0.25, 0.3) is 11.1 Å². The third kappa shape index (κ3) is 1.89. The Balaban J connectivity index is 2.62. The first kappa shape index (κ1) is 10.6. The lowest BCUT2D eigenvalue weighted by Crippen LogP contribution is -1.90. The lowest BCUT2D eigenvalue weighted by atomic mass is 9.95. The van der Waals surface area contributed by atoms with E-state index in [1.807, 2.05) is 24.3 Å². The summed E-state index contributed by atoms with van der Waals surface area (Å²) in [6, 6.07) is 14.0. The SMILES string of the molecule is Cc1ccc(-c2ccccc2C=O)c(C)c1. The average Bonchev–Trinajstić information content (AvgIpc) is 2.29. The molecular weight excluding hydrogens is 196 g/mol. The summed E-state index contributed by atoms with van der Waals surface area (Å²) in [4.78, 5) is 11.0. The topological polar surface area (TPSA) is 17.1 Å². The molecular formula is C15H14O. The van der Waals surface area contributed by atoms with Gasteiger partial charge in [0.15, 0.2) is 6.29 Å². The predicted molar refractivity (Wildman–Crippen MR) is 66.7 cm³/mol. The molecule has 0 aliphatic carbocycles. The standard InChI is InChI=1S/C15H14O/c1-11-7-8-14(12(2)9-11)15-6-4-3-5-13(15)10-16/h3-10H,1-2H3. The predicted octanol–water partition coefficient (Wildman–Crippen LogP) is 3.78. The van der Waals surface area contributed by atoms with Gasteiger partial charge in [0.2, 0.25) is 0 Å². The molecule has 0 heterocycles. The number of hydrogen-bond acceptors (Lipinski definition) is 1. The van der Waals surface area contributed by atoms with E-state index in [9.17, 15) is 4.79 Å². The van der Waals surface area contributed by atoms with Crippen molar-refractivity contribution in [3.05, 3.63) is 59.2 Å². The second kappa shape index (κ2) is 4.31. The van der Waals surface area contributed by atoms with Crippen LogP contribution in [0.15, 0.2) is 42.5 Å². The van der Waals surface area contributed by atoms with Crippen molar-refractivity contribution >= 4 is 6.29 Å². The van der Waals surface area contributed by atoms with Gasteiger partial charge >= 0.3 is 0 Å². The summed E-state index contributed by atoms with van der Waals surface area (Å²) in [6.07, 6.45) is 0.911. The molecule has 2 rings (SSSR count). The zero-order chi connectivity index (χ0) is 11.5. The molecule has 0 N–H and O–H groups in total. The fourth-order valence-corrected chi connectivity index (χ4v) is 1.96. The fourth-order valence-electron chi connectivity index (χ4n) is 1.96. The van der Waals surface area contributed by atoms with Gasteiger partial charge in [-0.25, -0.2) is 0 Å². The summed E-state index contributed by atoms with van der Waals surface area (Å²) < 4.78 is 0. The highest BCUT2D eigenvalue weighted by Gasteiger charge is 2.06. The molecule has 2 aromatic rings. The maximum atomic E-state index is 11.0. The van der Waals surface area contributed by atoms with Gasteiger partial charge in [-0.15, -0.1) is 0 Å². The summed E-state index contributed by atoms with van der Waals surface area (Å²) in [5, 5.41) is 0. The number of carbonyl (C=O) groups excluding carboxylic acids is 1. The largest absolute Gasteiger partial charge is 0.298 e. The first-order valence-electron chi connectivity index (χ1n) is 5.34. The number of aldehydes is 1. The Morgan fingerprint density at radius 2 is 1.69 bits per heavy atom. The zero-order valence-corrected chi connectivity index (χ0v) is 9.53. The van der Waals surface area contributed by atoms with Crippen LogP contribution < -0.4 is 0 Å². The molecule has 16 heavy (non-hydrogen) atoms. The quantitative estimate of drug-likeness (QED) is 0.689. The second-order valence-corrected chi connectivity index (χ2v) is 4.02. The lowest BCUT2D eigenvalue weighted by Gasteiger charge is -2.09. The Labute approximate surface area is 95.7 Å². The molecule has 0 amide bonds. The van der Waals surface area contributed by atoms with Crippen LogP contribution in [-0.4, -0.2) is 6.29 Å². The first-order chi connectivity index (χ1) is 7.72. The Hall–Kier alpha value is -1.89. The van der Waals surface area contributed by atoms with Gasteiger partial charge in [0.1, 0.15) is 0 Å². The van der Waals surface area contributed by atoms with Gasteiger partial charge in [0.25, 0.3) is 0 Å². The Morgan fingerprint density at radius 1 is 0.938 bits per heavy atom. The third-order valence-electron chi connectivity index (χ3n) is 2.76. The van der Waals surface area contributed by atoms with Crippen molar-refractivity contribution in [3.63, 3.8) is 0 Å². The van der Waals surface area contributed by atoms with Crippen LogP contribution in [0, 0.1) is 13.8 Å². The molecule has 1 heteroatoms. The van der Waals surface area contributed by atoms with Crippen molar-refractivity contribution in [3.8, 4) is 11.1 Å². The fraction of sp³-hybridized carbons (Fsp3) is 0.133. The highest BCUT2D eigenvalue weighted by molar-refractivity contribution is 5.88. The van der Waals surface area contributed by atoms with E-state index in [0.717, 1.165) is 23.0 Å². The molecule has 0 saturated carbocycles. The third-order valence-corrected chi connectivity index (χ3v) is 2.76. The zero-order valence-electron chi connectivity index (χ0n) is 9.53. The molecule has 0 spiro atoms. The van der Waals surface area contributed by atoms with E-state index in [1.165, 1.54) is 11.1 Å². The maximum Gasteiger partial charge on any atom is 0.150 e. The van der Waals surface area contributed by atoms with Gasteiger partial charge in [0.05, 0.1) is 0 Å². The van der Waals surface area contributed by atoms with E-state index in [1.54, 1.807) is 0 Å². The molecule has 0 fully saturated rings. The minimum absolute atomic E-state index is 0.745. The second-order valence-electron chi connectivity index (χ2n) is 4.02. The number of aryl methyl sites for hydroxylation is 2. The molecule has 1 nitrogen and oxygen atoms in total. The number of benzene rings is 2. The van der Waals surface area contributed by atoms with Gasteiger partial charge in [-0.3, -0.25) is 4.79 Å². The highest BCUT2D eigenvalue weighted by Crippen LogP contribution is 2.26. The van der Waals surface area contributed by atoms with Crippen molar-refractivity contribution in [2.45, 2.75) is 13.8 Å². The molecule has 0 atom stereocenters. The van der Waals surface area contributed by atoms with E-state index < -0.39 is 0 Å². The molecule has 0 radical (unpaired) electrons. The van der Waals surface area contributed by atoms with Gasteiger partial charge < -0.3 is 0 Å². The van der Waals surface area contributed by atoms with E-state index >= 15 is 0 Å². The van der Waals surface area contributed by atoms with E-state index in [-0.39, 0.29) is 0 Å². The van der Waals surface area contributed by atoms with Crippen LogP contribution in [0.3, 0.4) is 0 Å². The minimum Gasteiger partial charge on any atom is -0.298 e. The Kier molecular flexibility index (Phi) is 2.86. The number of carbonyl (C=O) groups is 1. The van der Waals surface area contributed by atoms with Crippen LogP contribution in [0.5, 0.6) is 0 Å². The average molecular weight is 210 g/mol. The van der Waals surface area contributed by atoms with Gasteiger partial charge in [-0.2, -0.15) is 0 Å². The normalized spacial score (nSPS) is 10.1. The van der Waals surface area contributed by atoms with Crippen LogP contribution in [-0.2, 0) is 0 Å². The summed E-state index contributed by atoms with van der Waals surface area (Å²) in [5.74, 6) is 0. The smallest absolute Gasteiger partial charge is 0.150 e. The molecule has 0 bridgehead atoms. The van der Waals surface area contributed by atoms with Crippen molar-refractivity contribution in [2.24, 2.45) is 0 Å². The monoisotopic (exact) mass is 210 g/mol. The summed E-state index contributed by atoms with van der Waals surface area (Å²) in [6.45, 7) is 4.15. The molecule has 0 aliphatic heterocycles. The van der Waals surface area contributed by atoms with E-state index in [2.05, 4.69) is 32.0 Å². The van der Waals surface area contributed by atoms with Crippen molar-refractivity contribution in [1.82, 2.24) is 0 Å². The highest BCUT2D eigenvalue weighted by atomic mass is 16.1. The van der Waals surface area contributed by atoms with Crippen LogP contribution >= 0.6 is 0 Å². The first-order valence-corrected chi connectivity index (χ1v) is 5.34. The molecule has 0 unspecified atom stereocenters. The summed E-state index contributed by atoms with van der Waals surface area (Å²) >= 11 is 0. The minimum atomic E-state index is 0.745. The lowest BCUT2D eigenvalue weighted by molar-refractivity contribution is 0.112. The van der Waals surface area contributed by atoms with Crippen molar-refractivity contribution < 1.29 is 4.79 Å². The molecule has 0 aliphatic rings. The summed E-state index contributed by atoms with van der Waals surface area (Å²) in [5.41, 5.74) is 5.33. The van der Waals surface area contributed by atoms with Crippen molar-refractivity contribution in [1.29, 1.82) is 0 Å². The van der Waals surface area contributed by atoms with Gasteiger partial charge in [-0.05, 0) is 30.5 Å². The van der Waals surface area contributed by atoms with Gasteiger partial charge in [-0.1, -0.05) is 48.0 Å². The van der Waals surface area contributed by atoms with Crippen LogP contribution in [0.1, 0.15) is 21.5 Å². The van der Waals surface area contributed by atoms with Crippen LogP contribution in [0.2, 0.25) is 0 Å². The van der Waals surface area contributed by atoms with Gasteiger partial charge in [0, 0.05) is 5.56 Å². The Morgan fingerprint density at radius 3 is 2.38 bits per heavy atom. The van der Waals surface area contributed by atoms with Crippen LogP contribution in [0.4, 0.5) is 0 Å². The molecule has 0 saturated heterocycles. The molecule has 80 valence electrons. The number of hydrogen-bond donors (Lipinski definition) is 0. The molecule has 2 aromatic carbocycles. The number of rotatable bonds is 2. The Bertz CT molecular complexity index is 527. The van der Waals surface area contributed by atoms with E-state index in [4.69, 9.17) is 0 Å². The van der Waals surface area contributed by atoms with E-state index in [0.29, 0.717) is 0 Å². The molecule has 0 aromatic heterocycles.